The Morgan fingerprint density at radius 1 is 0.518 bits per heavy atom. The second kappa shape index (κ2) is 41.0. The maximum atomic E-state index is 14.3. The first-order valence-electron chi connectivity index (χ1n) is 31.0. The van der Waals surface area contributed by atoms with Gasteiger partial charge in [-0.2, -0.15) is 0 Å². The van der Waals surface area contributed by atoms with Crippen LogP contribution < -0.4 is 68.9 Å². The summed E-state index contributed by atoms with van der Waals surface area (Å²) in [4.78, 5) is 97.3. The van der Waals surface area contributed by atoms with Crippen molar-refractivity contribution in [2.24, 2.45) is 0 Å². The van der Waals surface area contributed by atoms with E-state index in [9.17, 15) is 66.7 Å². The Hall–Kier alpha value is -14.1. The Labute approximate surface area is 646 Å². The number of amides is 2. The number of rotatable bonds is 12. The Bertz CT molecular complexity index is 5360. The largest absolute Gasteiger partial charge is 1.00 e. The summed E-state index contributed by atoms with van der Waals surface area (Å²) in [5, 5.41) is 45.2. The first-order chi connectivity index (χ1) is 51.7. The van der Waals surface area contributed by atoms with Gasteiger partial charge in [0.25, 0.3) is 6.47 Å². The van der Waals surface area contributed by atoms with Crippen molar-refractivity contribution in [2.45, 2.75) is 20.3 Å². The van der Waals surface area contributed by atoms with Crippen LogP contribution in [0.3, 0.4) is 0 Å². The molecule has 0 atom stereocenters. The zero-order valence-electron chi connectivity index (χ0n) is 57.7. The number of nitro benzene ring substituents is 3. The molecule has 2 amide bonds. The van der Waals surface area contributed by atoms with Crippen LogP contribution in [0, 0.1) is 66.0 Å². The monoisotopic (exact) mass is 1530 g/mol. The van der Waals surface area contributed by atoms with Crippen LogP contribution in [-0.2, 0) is 25.6 Å². The van der Waals surface area contributed by atoms with Crippen molar-refractivity contribution in [1.82, 2.24) is 29.9 Å². The minimum atomic E-state index is -1.01. The van der Waals surface area contributed by atoms with Crippen molar-refractivity contribution in [1.29, 1.82) is 0 Å². The molecule has 13 rings (SSSR count). The molecule has 13 aromatic rings. The maximum absolute atomic E-state index is 14.3. The number of carbonyl (C=O) groups excluding carboxylic acids is 3. The molecule has 0 bridgehead atoms. The van der Waals surface area contributed by atoms with Crippen LogP contribution in [0.5, 0.6) is 0 Å². The number of aldehydes is 1. The third kappa shape index (κ3) is 21.8. The quantitative estimate of drug-likeness (QED) is 0.00793. The Morgan fingerprint density at radius 3 is 1.22 bits per heavy atom. The number of nitro groups is 3. The standard InChI is InChI=1S/C16H14FN3O4.C15H11FN2O.C13H10FN3.2C12H10FN3O2.C5H2ClN3.CH2O2.Na.H2O/c1-9(21)18-13-8-12(17)15(19-10(2)22)16(20(23)24)14(13)11-6-4-3-5-7-11;16-12-8-11(6-7-19)13(10-4-2-1-3-5-10)15-14(12)17-9-18-15;14-9-6-10(15)11(8-4-2-1-3-5-8)13-12(9)16-7-17-13;2*13-8-6-9(14)10(7-4-2-1-3-5-7)12(11(8)15)16(17)18;1-7-4-2-8-5(6)9-3-4;2-1-3;;/h3-8H,1-2H3,(H,18,21)(H,19,22);1-5,7-9H,6H2,(H,17,18);1-7H,15H2,(H,16,17);2*1-6H,14-15H2;2-3H;1H,(H,2,3);;1H2/q;;;;;;;+1;/p-1. The fraction of sp³-hybridized carbons (Fsp3) is 0.0405. The summed E-state index contributed by atoms with van der Waals surface area (Å²) >= 11 is 5.34. The third-order valence-electron chi connectivity index (χ3n) is 14.8. The molecule has 0 aliphatic carbocycles. The van der Waals surface area contributed by atoms with Crippen LogP contribution in [0.2, 0.25) is 5.28 Å². The van der Waals surface area contributed by atoms with E-state index in [0.29, 0.717) is 55.7 Å². The van der Waals surface area contributed by atoms with Gasteiger partial charge in [0.15, 0.2) is 34.8 Å². The zero-order valence-corrected chi connectivity index (χ0v) is 60.5. The van der Waals surface area contributed by atoms with E-state index in [4.69, 9.17) is 56.7 Å². The molecule has 110 heavy (non-hydrogen) atoms. The van der Waals surface area contributed by atoms with E-state index in [1.807, 2.05) is 60.7 Å². The number of nitrogens with one attached hydrogen (secondary N) is 4. The van der Waals surface area contributed by atoms with E-state index < -0.39 is 89.8 Å². The van der Waals surface area contributed by atoms with Crippen LogP contribution in [0.4, 0.5) is 84.5 Å². The summed E-state index contributed by atoms with van der Waals surface area (Å²) in [6.07, 6.45) is 6.65. The number of aromatic nitrogens is 6. The molecule has 0 aliphatic heterocycles. The number of aromatic amines is 2. The molecule has 0 unspecified atom stereocenters. The maximum Gasteiger partial charge on any atom is 1.00 e. The number of hydrogen-bond donors (Lipinski definition) is 10. The van der Waals surface area contributed by atoms with Crippen LogP contribution in [0.1, 0.15) is 19.4 Å². The molecule has 0 fully saturated rings. The van der Waals surface area contributed by atoms with Crippen LogP contribution in [0.15, 0.2) is 207 Å². The normalized spacial score (nSPS) is 9.92. The van der Waals surface area contributed by atoms with Gasteiger partial charge in [-0.3, -0.25) is 44.7 Å². The van der Waals surface area contributed by atoms with E-state index in [1.165, 1.54) is 44.1 Å². The summed E-state index contributed by atoms with van der Waals surface area (Å²) in [5.41, 5.74) is 33.4. The van der Waals surface area contributed by atoms with Gasteiger partial charge in [0.05, 0.1) is 67.4 Å². The van der Waals surface area contributed by atoms with Crippen molar-refractivity contribution in [3.8, 4) is 55.6 Å². The van der Waals surface area contributed by atoms with E-state index in [2.05, 4.69) is 45.4 Å². The molecule has 0 spiro atoms. The number of nitrogens with zero attached hydrogens (tertiary/aromatic N) is 8. The Kier molecular flexibility index (Phi) is 32.2. The summed E-state index contributed by atoms with van der Waals surface area (Å²) in [6.45, 7) is 8.59. The van der Waals surface area contributed by atoms with Gasteiger partial charge < -0.3 is 64.6 Å². The summed E-state index contributed by atoms with van der Waals surface area (Å²) in [6, 6.07) is 50.0. The summed E-state index contributed by atoms with van der Waals surface area (Å²) in [5.74, 6) is -4.76. The number of hydrogen-bond acceptors (Lipinski definition) is 20. The molecule has 0 saturated heterocycles. The van der Waals surface area contributed by atoms with Crippen molar-refractivity contribution in [2.75, 3.05) is 39.3 Å². The van der Waals surface area contributed by atoms with Gasteiger partial charge in [-0.15, -0.1) is 0 Å². The first kappa shape index (κ1) is 86.5. The average Bonchev–Trinajstić information content (AvgIpc) is 1.51. The molecule has 16 N–H and O–H groups in total. The van der Waals surface area contributed by atoms with Crippen molar-refractivity contribution in [3.05, 3.63) is 289 Å². The molecule has 0 radical (unpaired) electrons. The van der Waals surface area contributed by atoms with Gasteiger partial charge >= 0.3 is 46.6 Å². The number of fused-ring (bicyclic) bond motifs is 2. The fourth-order valence-electron chi connectivity index (χ4n) is 10.5. The number of carboxylic acid groups (broad SMARTS) is 1. The topological polar surface area (TPSA) is 490 Å². The molecule has 10 aromatic carbocycles. The average molecular weight is 1530 g/mol. The van der Waals surface area contributed by atoms with E-state index in [0.717, 1.165) is 53.7 Å². The molecule has 0 saturated carbocycles. The van der Waals surface area contributed by atoms with E-state index in [1.54, 1.807) is 91.0 Å². The predicted molar refractivity (Wildman–Crippen MR) is 403 cm³/mol. The molecule has 3 aromatic heterocycles. The van der Waals surface area contributed by atoms with Gasteiger partial charge in [0, 0.05) is 79.1 Å². The van der Waals surface area contributed by atoms with Gasteiger partial charge in [-0.05, 0) is 57.1 Å². The van der Waals surface area contributed by atoms with E-state index in [-0.39, 0.29) is 87.0 Å². The Morgan fingerprint density at radius 2 is 0.855 bits per heavy atom. The summed E-state index contributed by atoms with van der Waals surface area (Å²) in [7, 11) is 0. The SMILES string of the molecule is CC(=O)Nc1cc(F)c(NC(C)=O)c([N+](=O)[O-])c1-c1ccccc1.Nc1cc(F)c(N)c([N+](=O)[O-])c1-c1ccccc1.Nc1cc(F)c(N)c([N+](=O)[O-])c1-c1ccccc1.Nc1cc(F)c2nc[nH]c2c1-c1ccccc1.O=CCc1cc(F)c2nc[nH]c2c1-c1ccccc1.O=CO.[C-]#[N+]c1cnc(Cl)nc1.[Na+].[OH-]. The number of anilines is 7. The van der Waals surface area contributed by atoms with Crippen molar-refractivity contribution in [3.63, 3.8) is 0 Å². The number of imidazole rings is 2. The minimum Gasteiger partial charge on any atom is -0.870 e. The predicted octanol–water partition coefficient (Wildman–Crippen LogP) is 12.7. The first-order valence-corrected chi connectivity index (χ1v) is 31.3. The number of benzene rings is 10. The van der Waals surface area contributed by atoms with Gasteiger partial charge in [-0.25, -0.2) is 46.7 Å². The number of nitrogens with two attached hydrogens (primary N) is 5. The van der Waals surface area contributed by atoms with Crippen molar-refractivity contribution < 1.29 is 96.0 Å². The smallest absolute Gasteiger partial charge is 0.870 e. The molecule has 0 aliphatic rings. The van der Waals surface area contributed by atoms with Crippen LogP contribution in [0.25, 0.3) is 82.5 Å². The molecule has 36 heteroatoms. The van der Waals surface area contributed by atoms with Crippen molar-refractivity contribution >= 4 is 121 Å². The Balaban J connectivity index is 0.000000237. The zero-order chi connectivity index (χ0) is 78.9. The van der Waals surface area contributed by atoms with Gasteiger partial charge in [0.2, 0.25) is 22.8 Å². The molecule has 556 valence electrons. The minimum absolute atomic E-state index is 0. The summed E-state index contributed by atoms with van der Waals surface area (Å²) < 4.78 is 68.6. The van der Waals surface area contributed by atoms with E-state index >= 15 is 0 Å². The number of H-pyrrole nitrogens is 2. The van der Waals surface area contributed by atoms with Crippen LogP contribution >= 0.6 is 11.6 Å². The number of nitrogen functional groups attached to an aromatic ring is 5. The number of carbonyl (C=O) groups is 4. The number of halogens is 6. The van der Waals surface area contributed by atoms with Crippen LogP contribution in [-0.4, -0.2) is 79.8 Å². The second-order valence-electron chi connectivity index (χ2n) is 21.9. The molecular formula is C74H60ClF5N17NaO12. The molecule has 3 heterocycles. The third-order valence-corrected chi connectivity index (χ3v) is 15.0. The van der Waals surface area contributed by atoms with Gasteiger partial charge in [0.1, 0.15) is 28.7 Å². The molecular weight excluding hydrogens is 1470 g/mol. The fourth-order valence-corrected chi connectivity index (χ4v) is 10.6. The molecule has 29 nitrogen and oxygen atoms in total. The van der Waals surface area contributed by atoms with Gasteiger partial charge in [-0.1, -0.05) is 152 Å². The second-order valence-corrected chi connectivity index (χ2v) is 22.2.